The lowest BCUT2D eigenvalue weighted by atomic mass is 10.3. The Morgan fingerprint density at radius 3 is 2.27 bits per heavy atom. The van der Waals surface area contributed by atoms with Crippen molar-refractivity contribution in [2.75, 3.05) is 0 Å². The molecule has 0 fully saturated rings. The predicted molar refractivity (Wildman–Crippen MR) is 60.3 cm³/mol. The van der Waals surface area contributed by atoms with E-state index >= 15 is 0 Å². The Morgan fingerprint density at radius 1 is 0.867 bits per heavy atom. The zero-order chi connectivity index (χ0) is 10.7. The SMILES string of the molecule is Oc1ccc(Sc2ccccc2)c(O)c1. The molecule has 0 saturated heterocycles. The van der Waals surface area contributed by atoms with E-state index in [9.17, 15) is 5.11 Å². The van der Waals surface area contributed by atoms with Crippen LogP contribution in [0.25, 0.3) is 0 Å². The second-order valence-electron chi connectivity index (χ2n) is 3.07. The van der Waals surface area contributed by atoms with Gasteiger partial charge in [0.2, 0.25) is 0 Å². The highest BCUT2D eigenvalue weighted by Crippen LogP contribution is 2.35. The summed E-state index contributed by atoms with van der Waals surface area (Å²) in [7, 11) is 0. The van der Waals surface area contributed by atoms with E-state index < -0.39 is 0 Å². The molecule has 76 valence electrons. The van der Waals surface area contributed by atoms with Crippen molar-refractivity contribution in [1.82, 2.24) is 0 Å². The molecular weight excluding hydrogens is 208 g/mol. The second kappa shape index (κ2) is 4.28. The molecular formula is C12H10O2S. The van der Waals surface area contributed by atoms with Gasteiger partial charge in [0.05, 0.1) is 4.90 Å². The van der Waals surface area contributed by atoms with Gasteiger partial charge in [0.25, 0.3) is 0 Å². The number of rotatable bonds is 2. The maximum atomic E-state index is 9.57. The van der Waals surface area contributed by atoms with Gasteiger partial charge < -0.3 is 10.2 Å². The summed E-state index contributed by atoms with van der Waals surface area (Å²) in [4.78, 5) is 1.79. The summed E-state index contributed by atoms with van der Waals surface area (Å²) in [6.45, 7) is 0. The number of hydrogen-bond donors (Lipinski definition) is 2. The molecule has 2 rings (SSSR count). The van der Waals surface area contributed by atoms with Crippen LogP contribution in [-0.2, 0) is 0 Å². The molecule has 2 N–H and O–H groups in total. The minimum absolute atomic E-state index is 0.0740. The minimum atomic E-state index is 0.0740. The molecule has 2 nitrogen and oxygen atoms in total. The first-order valence-electron chi connectivity index (χ1n) is 4.50. The van der Waals surface area contributed by atoms with E-state index in [-0.39, 0.29) is 11.5 Å². The molecule has 0 aliphatic heterocycles. The van der Waals surface area contributed by atoms with Gasteiger partial charge in [0.15, 0.2) is 0 Å². The zero-order valence-corrected chi connectivity index (χ0v) is 8.74. The molecule has 0 unspecified atom stereocenters. The largest absolute Gasteiger partial charge is 0.508 e. The van der Waals surface area contributed by atoms with Crippen LogP contribution in [0.3, 0.4) is 0 Å². The molecule has 2 aromatic carbocycles. The van der Waals surface area contributed by atoms with Crippen LogP contribution >= 0.6 is 11.8 Å². The molecule has 3 heteroatoms. The average Bonchev–Trinajstić information content (AvgIpc) is 2.24. The van der Waals surface area contributed by atoms with Crippen LogP contribution in [0.2, 0.25) is 0 Å². The number of hydrogen-bond acceptors (Lipinski definition) is 3. The smallest absolute Gasteiger partial charge is 0.133 e. The van der Waals surface area contributed by atoms with Crippen molar-refractivity contribution in [3.05, 3.63) is 48.5 Å². The number of aromatic hydroxyl groups is 2. The molecule has 0 radical (unpaired) electrons. The van der Waals surface area contributed by atoms with Gasteiger partial charge in [-0.1, -0.05) is 30.0 Å². The number of benzene rings is 2. The highest BCUT2D eigenvalue weighted by molar-refractivity contribution is 7.99. The minimum Gasteiger partial charge on any atom is -0.508 e. The number of phenolic OH excluding ortho intramolecular Hbond substituents is 2. The van der Waals surface area contributed by atoms with E-state index in [0.29, 0.717) is 0 Å². The zero-order valence-electron chi connectivity index (χ0n) is 7.92. The summed E-state index contributed by atoms with van der Waals surface area (Å²) in [5.41, 5.74) is 0. The molecule has 0 aliphatic rings. The van der Waals surface area contributed by atoms with Crippen LogP contribution in [-0.4, -0.2) is 10.2 Å². The maximum absolute atomic E-state index is 9.57. The molecule has 0 aliphatic carbocycles. The summed E-state index contributed by atoms with van der Waals surface area (Å²) in [6, 6.07) is 14.4. The summed E-state index contributed by atoms with van der Waals surface area (Å²) in [6.07, 6.45) is 0. The standard InChI is InChI=1S/C12H10O2S/c13-9-6-7-12(11(14)8-9)15-10-4-2-1-3-5-10/h1-8,13-14H. The van der Waals surface area contributed by atoms with Crippen molar-refractivity contribution in [3.63, 3.8) is 0 Å². The van der Waals surface area contributed by atoms with Gasteiger partial charge in [0.1, 0.15) is 11.5 Å². The van der Waals surface area contributed by atoms with Gasteiger partial charge in [-0.25, -0.2) is 0 Å². The monoisotopic (exact) mass is 218 g/mol. The van der Waals surface area contributed by atoms with Crippen molar-refractivity contribution < 1.29 is 10.2 Å². The summed E-state index contributed by atoms with van der Waals surface area (Å²) >= 11 is 1.46. The molecule has 0 bridgehead atoms. The third-order valence-electron chi connectivity index (χ3n) is 1.91. The second-order valence-corrected chi connectivity index (χ2v) is 4.18. The number of phenols is 2. The first kappa shape index (κ1) is 9.93. The van der Waals surface area contributed by atoms with E-state index in [1.807, 2.05) is 30.3 Å². The lowest BCUT2D eigenvalue weighted by Crippen LogP contribution is -1.75. The average molecular weight is 218 g/mol. The van der Waals surface area contributed by atoms with Gasteiger partial charge in [-0.15, -0.1) is 0 Å². The molecule has 2 aromatic rings. The predicted octanol–water partition coefficient (Wildman–Crippen LogP) is 3.25. The van der Waals surface area contributed by atoms with E-state index in [0.717, 1.165) is 9.79 Å². The van der Waals surface area contributed by atoms with Crippen LogP contribution < -0.4 is 0 Å². The van der Waals surface area contributed by atoms with Crippen molar-refractivity contribution in [2.45, 2.75) is 9.79 Å². The summed E-state index contributed by atoms with van der Waals surface area (Å²) in [5.74, 6) is 0.175. The van der Waals surface area contributed by atoms with E-state index in [2.05, 4.69) is 0 Å². The normalized spacial score (nSPS) is 10.1. The highest BCUT2D eigenvalue weighted by atomic mass is 32.2. The van der Waals surface area contributed by atoms with Gasteiger partial charge in [-0.3, -0.25) is 0 Å². The topological polar surface area (TPSA) is 40.5 Å². The summed E-state index contributed by atoms with van der Waals surface area (Å²) < 4.78 is 0. The Balaban J connectivity index is 2.25. The Labute approximate surface area is 92.2 Å². The molecule has 0 amide bonds. The van der Waals surface area contributed by atoms with Crippen LogP contribution in [0.5, 0.6) is 11.5 Å². The third-order valence-corrected chi connectivity index (χ3v) is 2.99. The first-order valence-corrected chi connectivity index (χ1v) is 5.32. The van der Waals surface area contributed by atoms with Gasteiger partial charge in [-0.05, 0) is 24.3 Å². The van der Waals surface area contributed by atoms with E-state index in [4.69, 9.17) is 5.11 Å². The molecule has 0 heterocycles. The molecule has 0 saturated carbocycles. The fourth-order valence-corrected chi connectivity index (χ4v) is 2.05. The fourth-order valence-electron chi connectivity index (χ4n) is 1.21. The van der Waals surface area contributed by atoms with Gasteiger partial charge >= 0.3 is 0 Å². The Bertz CT molecular complexity index is 454. The molecule has 0 atom stereocenters. The molecule has 15 heavy (non-hydrogen) atoms. The fraction of sp³-hybridized carbons (Fsp3) is 0. The first-order chi connectivity index (χ1) is 7.25. The maximum Gasteiger partial charge on any atom is 0.133 e. The van der Waals surface area contributed by atoms with Crippen molar-refractivity contribution in [3.8, 4) is 11.5 Å². The van der Waals surface area contributed by atoms with Crippen molar-refractivity contribution >= 4 is 11.8 Å². The van der Waals surface area contributed by atoms with Crippen molar-refractivity contribution in [1.29, 1.82) is 0 Å². The Morgan fingerprint density at radius 2 is 1.60 bits per heavy atom. The lowest BCUT2D eigenvalue weighted by molar-refractivity contribution is 0.442. The van der Waals surface area contributed by atoms with E-state index in [1.54, 1.807) is 12.1 Å². The van der Waals surface area contributed by atoms with Crippen LogP contribution in [0.4, 0.5) is 0 Å². The quantitative estimate of drug-likeness (QED) is 0.812. The third kappa shape index (κ3) is 2.44. The molecule has 0 spiro atoms. The van der Waals surface area contributed by atoms with Gasteiger partial charge in [-0.2, -0.15) is 0 Å². The van der Waals surface area contributed by atoms with Gasteiger partial charge in [0, 0.05) is 11.0 Å². The van der Waals surface area contributed by atoms with Crippen LogP contribution in [0, 0.1) is 0 Å². The highest BCUT2D eigenvalue weighted by Gasteiger charge is 2.03. The summed E-state index contributed by atoms with van der Waals surface area (Å²) in [5, 5.41) is 18.7. The molecule has 0 aromatic heterocycles. The van der Waals surface area contributed by atoms with Crippen LogP contribution in [0.1, 0.15) is 0 Å². The van der Waals surface area contributed by atoms with Crippen LogP contribution in [0.15, 0.2) is 58.3 Å². The van der Waals surface area contributed by atoms with Crippen molar-refractivity contribution in [2.24, 2.45) is 0 Å². The van der Waals surface area contributed by atoms with E-state index in [1.165, 1.54) is 17.8 Å². The Hall–Kier alpha value is -1.61. The lowest BCUT2D eigenvalue weighted by Gasteiger charge is -2.04. The Kier molecular flexibility index (Phi) is 2.83.